The molecule has 0 aliphatic carbocycles. The van der Waals surface area contributed by atoms with Crippen molar-refractivity contribution >= 4 is 7.82 Å². The summed E-state index contributed by atoms with van der Waals surface area (Å²) in [6.07, 6.45) is 0. The fraction of sp³-hybridized carbons (Fsp3) is 0. The first kappa shape index (κ1) is 10.4. The Morgan fingerprint density at radius 3 is 1.14 bits per heavy atom. The van der Waals surface area contributed by atoms with Crippen molar-refractivity contribution in [3.05, 3.63) is 0 Å². The van der Waals surface area contributed by atoms with Crippen LogP contribution in [0.25, 0.3) is 0 Å². The van der Waals surface area contributed by atoms with Gasteiger partial charge in [-0.05, 0) is 0 Å². The molecule has 3 N–H and O–H groups in total. The molecule has 0 spiro atoms. The summed E-state index contributed by atoms with van der Waals surface area (Å²) in [6, 6.07) is 0. The van der Waals surface area contributed by atoms with E-state index in [0.29, 0.717) is 0 Å². The minimum absolute atomic E-state index is 2.31. The molecule has 0 aliphatic rings. The van der Waals surface area contributed by atoms with Crippen molar-refractivity contribution < 1.29 is 38.8 Å². The molecule has 0 radical (unpaired) electrons. The topological polar surface area (TPSA) is 94.8 Å². The van der Waals surface area contributed by atoms with E-state index in [1.165, 1.54) is 0 Å². The van der Waals surface area contributed by atoms with E-state index in [0.717, 1.165) is 0 Å². The number of rotatable bonds is 0. The molecule has 0 rings (SSSR count). The summed E-state index contributed by atoms with van der Waals surface area (Å²) in [5.41, 5.74) is 0. The van der Waals surface area contributed by atoms with E-state index in [9.17, 15) is 0 Å². The molecule has 0 atom stereocenters. The Kier molecular flexibility index (Phi) is 6.80. The molecule has 0 unspecified atom stereocenters. The first-order chi connectivity index (χ1) is 3.00. The molecule has 0 aliphatic heterocycles. The van der Waals surface area contributed by atoms with E-state index in [1.54, 1.807) is 0 Å². The van der Waals surface area contributed by atoms with Crippen molar-refractivity contribution in [2.24, 2.45) is 0 Å². The van der Waals surface area contributed by atoms with E-state index >= 15 is 0 Å². The summed E-state index contributed by atoms with van der Waals surface area (Å²) in [5, 5.41) is 0. The van der Waals surface area contributed by atoms with Gasteiger partial charge in [0.1, 0.15) is 0 Å². The Hall–Kier alpha value is 0.416. The zero-order valence-corrected chi connectivity index (χ0v) is 4.87. The van der Waals surface area contributed by atoms with Crippen LogP contribution in [0.3, 0.4) is 0 Å². The van der Waals surface area contributed by atoms with Crippen LogP contribution in [0.2, 0.25) is 0 Å². The monoisotopic (exact) mass is 173 g/mol. The van der Waals surface area contributed by atoms with Crippen LogP contribution in [0.5, 0.6) is 0 Å². The van der Waals surface area contributed by atoms with E-state index < -0.39 is 7.82 Å². The second-order valence-corrected chi connectivity index (χ2v) is 1.54. The summed E-state index contributed by atoms with van der Waals surface area (Å²) < 4.78 is 16.8. The third kappa shape index (κ3) is 722. The molecule has 0 saturated carbocycles. The zero-order chi connectivity index (χ0) is 6.50. The van der Waals surface area contributed by atoms with Gasteiger partial charge in [-0.2, -0.15) is 0 Å². The molecule has 0 saturated heterocycles. The normalized spacial score (nSPS) is 9.14. The summed E-state index contributed by atoms with van der Waals surface area (Å²) in [4.78, 5) is 21.6. The van der Waals surface area contributed by atoms with Gasteiger partial charge < -0.3 is 14.7 Å². The maximum absolute atomic E-state index is 8.88. The fourth-order valence-corrected chi connectivity index (χ4v) is 0. The van der Waals surface area contributed by atoms with Crippen LogP contribution in [0, 0.1) is 0 Å². The Bertz CT molecular complexity index is 63.9. The first-order valence-electron chi connectivity index (χ1n) is 0.919. The van der Waals surface area contributed by atoms with Gasteiger partial charge in [-0.1, -0.05) is 0 Å². The summed E-state index contributed by atoms with van der Waals surface area (Å²) in [6.45, 7) is 0. The van der Waals surface area contributed by atoms with E-state index in [4.69, 9.17) is 23.1 Å². The van der Waals surface area contributed by atoms with Crippen LogP contribution in [0.4, 0.5) is 0 Å². The van der Waals surface area contributed by atoms with Crippen molar-refractivity contribution in [3.63, 3.8) is 0 Å². The van der Waals surface area contributed by atoms with Crippen molar-refractivity contribution in [1.29, 1.82) is 0 Å². The first-order valence-corrected chi connectivity index (χ1v) is 2.91. The Morgan fingerprint density at radius 2 is 1.14 bits per heavy atom. The summed E-state index contributed by atoms with van der Waals surface area (Å²) in [7, 11) is -4.64. The average Bonchev–Trinajstić information content (AvgIpc) is 1.36. The molecule has 0 bridgehead atoms. The second-order valence-electron chi connectivity index (χ2n) is 0.513. The maximum atomic E-state index is 8.88. The Morgan fingerprint density at radius 1 is 1.14 bits per heavy atom. The average molecular weight is 173 g/mol. The van der Waals surface area contributed by atoms with E-state index in [2.05, 4.69) is 15.7 Å². The number of hydrogen-bond acceptors (Lipinski definition) is 2. The van der Waals surface area contributed by atoms with Gasteiger partial charge in [-0.25, -0.2) is 4.57 Å². The van der Waals surface area contributed by atoms with Gasteiger partial charge >= 0.3 is 27.4 Å². The van der Waals surface area contributed by atoms with Crippen LogP contribution in [-0.2, 0) is 24.1 Å². The predicted octanol–water partition coefficient (Wildman–Crippen LogP) is -1.05. The van der Waals surface area contributed by atoms with Gasteiger partial charge in [0.05, 0.1) is 0 Å². The van der Waals surface area contributed by atoms with Crippen LogP contribution < -0.4 is 0 Å². The van der Waals surface area contributed by atoms with Crippen LogP contribution in [0.1, 0.15) is 0 Å². The quantitative estimate of drug-likeness (QED) is 0.406. The second kappa shape index (κ2) is 4.57. The Balaban J connectivity index is 0. The molecular weight excluding hydrogens is 170 g/mol. The van der Waals surface area contributed by atoms with E-state index in [-0.39, 0.29) is 0 Å². The van der Waals surface area contributed by atoms with Crippen LogP contribution >= 0.6 is 7.82 Å². The number of hydrogen-bond donors (Lipinski definition) is 3. The van der Waals surface area contributed by atoms with Gasteiger partial charge in [0, 0.05) is 0 Å². The number of phosphoric acid groups is 1. The fourth-order valence-electron chi connectivity index (χ4n) is 0. The SMILES string of the molecule is O=P(O)(O)O.[O]=[Co]. The van der Waals surface area contributed by atoms with Crippen LogP contribution in [-0.4, -0.2) is 14.7 Å². The molecule has 7 heteroatoms. The van der Waals surface area contributed by atoms with Crippen LogP contribution in [0.15, 0.2) is 0 Å². The third-order valence-electron chi connectivity index (χ3n) is 0. The predicted molar refractivity (Wildman–Crippen MR) is 14.9 cm³/mol. The molecule has 0 aromatic heterocycles. The van der Waals surface area contributed by atoms with Gasteiger partial charge in [0.15, 0.2) is 0 Å². The third-order valence-corrected chi connectivity index (χ3v) is 0. The van der Waals surface area contributed by atoms with Crippen molar-refractivity contribution in [2.45, 2.75) is 0 Å². The molecular formula is H3CoO5P. The standard InChI is InChI=1S/Co.H3O4P.O/c;1-5(2,3)4;/h;(H3,1,2,3,4);. The Labute approximate surface area is 47.4 Å². The molecule has 0 aromatic rings. The molecule has 7 heavy (non-hydrogen) atoms. The molecule has 0 fully saturated rings. The van der Waals surface area contributed by atoms with Crippen molar-refractivity contribution in [2.75, 3.05) is 0 Å². The van der Waals surface area contributed by atoms with Gasteiger partial charge in [0.2, 0.25) is 0 Å². The zero-order valence-electron chi connectivity index (χ0n) is 2.94. The van der Waals surface area contributed by atoms with Gasteiger partial charge in [-0.3, -0.25) is 0 Å². The van der Waals surface area contributed by atoms with Gasteiger partial charge in [0.25, 0.3) is 0 Å². The summed E-state index contributed by atoms with van der Waals surface area (Å²) >= 11 is 2.31. The minimum atomic E-state index is -4.64. The summed E-state index contributed by atoms with van der Waals surface area (Å²) in [5.74, 6) is 0. The molecule has 0 heterocycles. The van der Waals surface area contributed by atoms with Crippen molar-refractivity contribution in [3.8, 4) is 0 Å². The molecule has 5 nitrogen and oxygen atoms in total. The van der Waals surface area contributed by atoms with Gasteiger partial charge in [-0.15, -0.1) is 0 Å². The molecule has 47 valence electrons. The van der Waals surface area contributed by atoms with E-state index in [1.807, 2.05) is 0 Å². The molecule has 0 aromatic carbocycles. The molecule has 0 amide bonds. The van der Waals surface area contributed by atoms with Crippen molar-refractivity contribution in [1.82, 2.24) is 0 Å².